The molecule has 7 nitrogen and oxygen atoms in total. The van der Waals surface area contributed by atoms with Crippen LogP contribution < -0.4 is 5.73 Å². The van der Waals surface area contributed by atoms with Crippen molar-refractivity contribution in [2.75, 3.05) is 13.2 Å². The summed E-state index contributed by atoms with van der Waals surface area (Å²) >= 11 is 0. The molecule has 0 amide bonds. The lowest BCUT2D eigenvalue weighted by Crippen LogP contribution is -2.65. The topological polar surface area (TPSA) is 136 Å². The van der Waals surface area contributed by atoms with E-state index >= 15 is 0 Å². The number of rotatable bonds is 7. The molecule has 0 unspecified atom stereocenters. The second-order valence-corrected chi connectivity index (χ2v) is 5.06. The Hall–Kier alpha value is -0.280. The van der Waals surface area contributed by atoms with Gasteiger partial charge in [0.1, 0.15) is 24.4 Å². The van der Waals surface area contributed by atoms with Crippen molar-refractivity contribution < 1.29 is 30.3 Å². The Morgan fingerprint density at radius 2 is 1.63 bits per heavy atom. The molecule has 0 bridgehead atoms. The van der Waals surface area contributed by atoms with Crippen molar-refractivity contribution in [2.24, 2.45) is 5.73 Å². The molecule has 5 atom stereocenters. The van der Waals surface area contributed by atoms with Gasteiger partial charge in [0.15, 0.2) is 5.79 Å². The Bertz CT molecular complexity index is 265. The maximum absolute atomic E-state index is 10.2. The molecule has 1 aliphatic rings. The number of nitrogens with two attached hydrogens (primary N) is 1. The number of hydrogen-bond donors (Lipinski definition) is 6. The number of aliphatic hydroxyl groups excluding tert-OH is 4. The predicted octanol–water partition coefficient (Wildman–Crippen LogP) is -1.94. The Morgan fingerprint density at radius 3 is 2.21 bits per heavy atom. The fraction of sp³-hybridized carbons (Fsp3) is 1.00. The zero-order chi connectivity index (χ0) is 14.5. The van der Waals surface area contributed by atoms with Gasteiger partial charge in [-0.05, 0) is 19.4 Å². The summed E-state index contributed by atoms with van der Waals surface area (Å²) in [6.07, 6.45) is -2.32. The summed E-state index contributed by atoms with van der Waals surface area (Å²) in [7, 11) is 0. The summed E-state index contributed by atoms with van der Waals surface area (Å²) < 4.78 is 5.15. The van der Waals surface area contributed by atoms with E-state index in [1.807, 2.05) is 0 Å². The van der Waals surface area contributed by atoms with Crippen molar-refractivity contribution in [1.29, 1.82) is 0 Å². The third kappa shape index (κ3) is 4.09. The third-order valence-electron chi connectivity index (χ3n) is 3.54. The van der Waals surface area contributed by atoms with E-state index in [0.717, 1.165) is 19.3 Å². The van der Waals surface area contributed by atoms with Gasteiger partial charge in [-0.2, -0.15) is 0 Å². The largest absolute Gasteiger partial charge is 0.394 e. The fourth-order valence-electron chi connectivity index (χ4n) is 2.30. The van der Waals surface area contributed by atoms with Gasteiger partial charge < -0.3 is 36.0 Å². The summed E-state index contributed by atoms with van der Waals surface area (Å²) in [4.78, 5) is 0. The second-order valence-electron chi connectivity index (χ2n) is 5.06. The highest BCUT2D eigenvalue weighted by molar-refractivity contribution is 4.95. The molecule has 19 heavy (non-hydrogen) atoms. The molecule has 1 rings (SSSR count). The molecule has 1 heterocycles. The minimum absolute atomic E-state index is 0.124. The molecule has 0 aromatic carbocycles. The van der Waals surface area contributed by atoms with Crippen LogP contribution in [0.15, 0.2) is 0 Å². The average Bonchev–Trinajstić information content (AvgIpc) is 2.41. The standard InChI is InChI=1S/C12H25NO6/c13-6-4-2-1-3-5-12(18)11(17)10(16)9(15)8(7-14)19-12/h8-11,14-18H,1-7,13H2/t8-,9-,10+,11-,12-/m1/s1. The highest BCUT2D eigenvalue weighted by atomic mass is 16.7. The maximum Gasteiger partial charge on any atom is 0.195 e. The van der Waals surface area contributed by atoms with Gasteiger partial charge >= 0.3 is 0 Å². The molecule has 114 valence electrons. The van der Waals surface area contributed by atoms with E-state index in [2.05, 4.69) is 0 Å². The van der Waals surface area contributed by atoms with Crippen molar-refractivity contribution >= 4 is 0 Å². The van der Waals surface area contributed by atoms with E-state index in [1.165, 1.54) is 0 Å². The molecular weight excluding hydrogens is 254 g/mol. The first-order valence-corrected chi connectivity index (χ1v) is 6.71. The number of aliphatic hydroxyl groups is 5. The Kier molecular flexibility index (Phi) is 6.61. The van der Waals surface area contributed by atoms with Crippen LogP contribution in [-0.4, -0.2) is 68.9 Å². The molecular formula is C12H25NO6. The highest BCUT2D eigenvalue weighted by Gasteiger charge is 2.51. The predicted molar refractivity (Wildman–Crippen MR) is 67.1 cm³/mol. The molecule has 0 aromatic rings. The molecule has 0 radical (unpaired) electrons. The molecule has 1 fully saturated rings. The van der Waals surface area contributed by atoms with E-state index in [9.17, 15) is 20.4 Å². The quantitative estimate of drug-likeness (QED) is 0.298. The van der Waals surface area contributed by atoms with Crippen LogP contribution in [0.1, 0.15) is 32.1 Å². The normalized spacial score (nSPS) is 39.5. The Labute approximate surface area is 112 Å². The highest BCUT2D eigenvalue weighted by Crippen LogP contribution is 2.32. The lowest BCUT2D eigenvalue weighted by atomic mass is 9.89. The van der Waals surface area contributed by atoms with Gasteiger partial charge in [-0.15, -0.1) is 0 Å². The van der Waals surface area contributed by atoms with E-state index in [0.29, 0.717) is 13.0 Å². The van der Waals surface area contributed by atoms with E-state index in [-0.39, 0.29) is 6.42 Å². The van der Waals surface area contributed by atoms with Crippen molar-refractivity contribution in [1.82, 2.24) is 0 Å². The molecule has 7 heteroatoms. The lowest BCUT2D eigenvalue weighted by Gasteiger charge is -2.45. The fourth-order valence-corrected chi connectivity index (χ4v) is 2.30. The van der Waals surface area contributed by atoms with Gasteiger partial charge in [-0.1, -0.05) is 12.8 Å². The smallest absolute Gasteiger partial charge is 0.195 e. The van der Waals surface area contributed by atoms with Crippen LogP contribution in [0, 0.1) is 0 Å². The van der Waals surface area contributed by atoms with Crippen molar-refractivity contribution in [3.05, 3.63) is 0 Å². The van der Waals surface area contributed by atoms with Crippen LogP contribution >= 0.6 is 0 Å². The van der Waals surface area contributed by atoms with E-state index < -0.39 is 36.8 Å². The average molecular weight is 279 g/mol. The van der Waals surface area contributed by atoms with Gasteiger partial charge in [0.2, 0.25) is 0 Å². The van der Waals surface area contributed by atoms with E-state index in [4.69, 9.17) is 15.6 Å². The maximum atomic E-state index is 10.2. The summed E-state index contributed by atoms with van der Waals surface area (Å²) in [5.41, 5.74) is 5.37. The first kappa shape index (κ1) is 16.8. The van der Waals surface area contributed by atoms with Gasteiger partial charge in [-0.3, -0.25) is 0 Å². The number of hydrogen-bond acceptors (Lipinski definition) is 7. The number of unbranched alkanes of at least 4 members (excludes halogenated alkanes) is 3. The van der Waals surface area contributed by atoms with Crippen molar-refractivity contribution in [3.8, 4) is 0 Å². The minimum atomic E-state index is -1.94. The summed E-state index contributed by atoms with van der Waals surface area (Å²) in [5.74, 6) is -1.94. The van der Waals surface area contributed by atoms with Gasteiger partial charge in [-0.25, -0.2) is 0 Å². The minimum Gasteiger partial charge on any atom is -0.394 e. The Balaban J connectivity index is 2.52. The molecule has 1 saturated heterocycles. The van der Waals surface area contributed by atoms with Gasteiger partial charge in [0.25, 0.3) is 0 Å². The third-order valence-corrected chi connectivity index (χ3v) is 3.54. The zero-order valence-electron chi connectivity index (χ0n) is 11.0. The van der Waals surface area contributed by atoms with Gasteiger partial charge in [0, 0.05) is 6.42 Å². The lowest BCUT2D eigenvalue weighted by molar-refractivity contribution is -0.351. The van der Waals surface area contributed by atoms with E-state index in [1.54, 1.807) is 0 Å². The molecule has 0 spiro atoms. The zero-order valence-corrected chi connectivity index (χ0v) is 11.0. The van der Waals surface area contributed by atoms with Crippen molar-refractivity contribution in [2.45, 2.75) is 62.3 Å². The number of ether oxygens (including phenoxy) is 1. The van der Waals surface area contributed by atoms with Crippen LogP contribution in [0.3, 0.4) is 0 Å². The molecule has 0 aromatic heterocycles. The van der Waals surface area contributed by atoms with Crippen LogP contribution in [0.4, 0.5) is 0 Å². The van der Waals surface area contributed by atoms with Crippen LogP contribution in [0.25, 0.3) is 0 Å². The molecule has 0 aliphatic carbocycles. The first-order chi connectivity index (χ1) is 8.96. The van der Waals surface area contributed by atoms with Crippen LogP contribution in [-0.2, 0) is 4.74 Å². The monoisotopic (exact) mass is 279 g/mol. The first-order valence-electron chi connectivity index (χ1n) is 6.71. The second kappa shape index (κ2) is 7.49. The Morgan fingerprint density at radius 1 is 1.00 bits per heavy atom. The van der Waals surface area contributed by atoms with Crippen LogP contribution in [0.5, 0.6) is 0 Å². The van der Waals surface area contributed by atoms with Crippen molar-refractivity contribution in [3.63, 3.8) is 0 Å². The molecule has 7 N–H and O–H groups in total. The summed E-state index contributed by atoms with van der Waals surface area (Å²) in [6, 6.07) is 0. The summed E-state index contributed by atoms with van der Waals surface area (Å²) in [6.45, 7) is 0.0708. The SMILES string of the molecule is NCCCCCC[C@@]1(O)O[C@H](CO)[C@@H](O)[C@H](O)[C@H]1O. The van der Waals surface area contributed by atoms with Crippen LogP contribution in [0.2, 0.25) is 0 Å². The molecule has 1 aliphatic heterocycles. The van der Waals surface area contributed by atoms with Gasteiger partial charge in [0.05, 0.1) is 6.61 Å². The molecule has 0 saturated carbocycles. The summed E-state index contributed by atoms with van der Waals surface area (Å²) in [5, 5.41) is 48.3.